The lowest BCUT2D eigenvalue weighted by atomic mass is 9.78. The van der Waals surface area contributed by atoms with E-state index < -0.39 is 35.5 Å². The Morgan fingerprint density at radius 1 is 0.900 bits per heavy atom. The molecule has 0 aliphatic heterocycles. The fourth-order valence-corrected chi connectivity index (χ4v) is 6.03. The van der Waals surface area contributed by atoms with Crippen molar-refractivity contribution in [1.29, 1.82) is 0 Å². The van der Waals surface area contributed by atoms with Crippen LogP contribution in [-0.2, 0) is 0 Å². The molecular weight excluding hydrogens is 530 g/mol. The maximum atomic E-state index is 14.8. The number of allylic oxidation sites excluding steroid dienone is 1. The van der Waals surface area contributed by atoms with Gasteiger partial charge in [0.15, 0.2) is 23.6 Å². The first-order valence-corrected chi connectivity index (χ1v) is 14.2. The van der Waals surface area contributed by atoms with Gasteiger partial charge in [0.1, 0.15) is 5.75 Å². The molecule has 2 fully saturated rings. The molecule has 2 aromatic rings. The first-order chi connectivity index (χ1) is 19.1. The van der Waals surface area contributed by atoms with Crippen molar-refractivity contribution in [2.24, 2.45) is 17.8 Å². The summed E-state index contributed by atoms with van der Waals surface area (Å²) >= 11 is 0. The molecule has 2 saturated carbocycles. The number of ether oxygens (including phenoxy) is 2. The van der Waals surface area contributed by atoms with Crippen molar-refractivity contribution in [3.8, 4) is 11.5 Å². The van der Waals surface area contributed by atoms with Gasteiger partial charge in [-0.15, -0.1) is 0 Å². The van der Waals surface area contributed by atoms with Gasteiger partial charge in [-0.3, -0.25) is 0 Å². The van der Waals surface area contributed by atoms with E-state index in [4.69, 9.17) is 4.74 Å². The van der Waals surface area contributed by atoms with Crippen LogP contribution in [0.4, 0.5) is 26.3 Å². The number of halogens is 6. The quantitative estimate of drug-likeness (QED) is 0.210. The number of rotatable bonds is 10. The van der Waals surface area contributed by atoms with Gasteiger partial charge < -0.3 is 9.47 Å². The van der Waals surface area contributed by atoms with Crippen LogP contribution in [0.25, 0.3) is 6.08 Å². The maximum Gasteiger partial charge on any atom is 0.400 e. The van der Waals surface area contributed by atoms with Crippen molar-refractivity contribution in [3.05, 3.63) is 77.6 Å². The second-order valence-corrected chi connectivity index (χ2v) is 11.0. The summed E-state index contributed by atoms with van der Waals surface area (Å²) in [5.74, 6) is -2.50. The molecule has 0 bridgehead atoms. The number of benzene rings is 2. The summed E-state index contributed by atoms with van der Waals surface area (Å²) in [6.07, 6.45) is 6.53. The minimum Gasteiger partial charge on any atom is -0.453 e. The van der Waals surface area contributed by atoms with E-state index in [0.717, 1.165) is 69.1 Å². The van der Waals surface area contributed by atoms with Gasteiger partial charge in [0.2, 0.25) is 0 Å². The van der Waals surface area contributed by atoms with Crippen LogP contribution in [0, 0.1) is 29.4 Å². The number of hydrogen-bond donors (Lipinski definition) is 0. The van der Waals surface area contributed by atoms with Gasteiger partial charge in [0, 0.05) is 0 Å². The minimum absolute atomic E-state index is 0.00895. The highest BCUT2D eigenvalue weighted by atomic mass is 19.3. The molecular formula is C32H36F6O2. The average Bonchev–Trinajstić information content (AvgIpc) is 2.92. The van der Waals surface area contributed by atoms with Gasteiger partial charge >= 0.3 is 12.2 Å². The third-order valence-corrected chi connectivity index (χ3v) is 8.24. The van der Waals surface area contributed by atoms with Crippen molar-refractivity contribution < 1.29 is 35.8 Å². The number of hydrogen-bond acceptors (Lipinski definition) is 2. The van der Waals surface area contributed by atoms with Crippen LogP contribution in [0.2, 0.25) is 0 Å². The monoisotopic (exact) mass is 566 g/mol. The Hall–Kier alpha value is -2.90. The van der Waals surface area contributed by atoms with E-state index in [1.54, 1.807) is 18.2 Å². The third-order valence-electron chi connectivity index (χ3n) is 8.24. The molecule has 0 aromatic heterocycles. The zero-order valence-corrected chi connectivity index (χ0v) is 22.7. The van der Waals surface area contributed by atoms with Crippen LogP contribution in [-0.4, -0.2) is 6.11 Å². The van der Waals surface area contributed by atoms with Gasteiger partial charge in [-0.25, -0.2) is 8.78 Å². The SMILES string of the molecule is CCCC1CCC(C(F)(F)Oc2ccc(C3CCC(C=Cc4cc(F)c(OC=C(F)F)c(F)c4)CC3)cc2)CC1. The van der Waals surface area contributed by atoms with Gasteiger partial charge in [-0.2, -0.15) is 17.6 Å². The van der Waals surface area contributed by atoms with E-state index in [2.05, 4.69) is 11.7 Å². The van der Waals surface area contributed by atoms with E-state index in [1.807, 2.05) is 18.2 Å². The van der Waals surface area contributed by atoms with Crippen molar-refractivity contribution in [3.63, 3.8) is 0 Å². The molecule has 2 nitrogen and oxygen atoms in total. The molecule has 0 radical (unpaired) electrons. The van der Waals surface area contributed by atoms with Gasteiger partial charge in [0.05, 0.1) is 5.92 Å². The summed E-state index contributed by atoms with van der Waals surface area (Å²) in [5.41, 5.74) is 1.35. The molecule has 0 atom stereocenters. The summed E-state index contributed by atoms with van der Waals surface area (Å²) in [7, 11) is 0. The standard InChI is InChI=1S/C32H36F6O2/c1-2-3-21-8-14-26(15-9-21)32(37,38)40-27-16-12-25(13-17-27)24-10-6-22(7-11-24)4-5-23-18-28(33)31(29(34)19-23)39-20-30(35)36/h4-5,12-13,16-22,24,26H,2-3,6-11,14-15H2,1H3. The van der Waals surface area contributed by atoms with Crippen molar-refractivity contribution in [2.75, 3.05) is 0 Å². The number of alkyl halides is 2. The topological polar surface area (TPSA) is 18.5 Å². The lowest BCUT2D eigenvalue weighted by molar-refractivity contribution is -0.223. The summed E-state index contributed by atoms with van der Waals surface area (Å²) in [6.45, 7) is 2.13. The van der Waals surface area contributed by atoms with E-state index in [-0.39, 0.29) is 23.5 Å². The Balaban J connectivity index is 1.27. The van der Waals surface area contributed by atoms with Crippen molar-refractivity contribution in [1.82, 2.24) is 0 Å². The second-order valence-electron chi connectivity index (χ2n) is 11.0. The van der Waals surface area contributed by atoms with Crippen molar-refractivity contribution in [2.45, 2.75) is 83.2 Å². The zero-order valence-electron chi connectivity index (χ0n) is 22.7. The van der Waals surface area contributed by atoms with Gasteiger partial charge in [0.25, 0.3) is 0 Å². The van der Waals surface area contributed by atoms with Crippen LogP contribution in [0.15, 0.2) is 54.8 Å². The van der Waals surface area contributed by atoms with E-state index in [0.29, 0.717) is 24.7 Å². The largest absolute Gasteiger partial charge is 0.453 e. The molecule has 40 heavy (non-hydrogen) atoms. The third kappa shape index (κ3) is 8.07. The fourth-order valence-electron chi connectivity index (χ4n) is 6.03. The Kier molecular flexibility index (Phi) is 10.3. The molecule has 0 unspecified atom stereocenters. The van der Waals surface area contributed by atoms with Crippen molar-refractivity contribution >= 4 is 6.08 Å². The molecule has 2 aliphatic carbocycles. The average molecular weight is 567 g/mol. The highest BCUT2D eigenvalue weighted by molar-refractivity contribution is 5.52. The normalized spacial score (nSPS) is 23.7. The first-order valence-electron chi connectivity index (χ1n) is 14.2. The van der Waals surface area contributed by atoms with Crippen LogP contribution in [0.3, 0.4) is 0 Å². The van der Waals surface area contributed by atoms with E-state index in [1.165, 1.54) is 0 Å². The van der Waals surface area contributed by atoms with Crippen LogP contribution in [0.5, 0.6) is 11.5 Å². The molecule has 218 valence electrons. The molecule has 8 heteroatoms. The first kappa shape index (κ1) is 30.1. The highest BCUT2D eigenvalue weighted by Gasteiger charge is 2.43. The molecule has 2 aromatic carbocycles. The molecule has 0 saturated heterocycles. The molecule has 2 aliphatic rings. The summed E-state index contributed by atoms with van der Waals surface area (Å²) in [4.78, 5) is 0. The maximum absolute atomic E-state index is 14.8. The van der Waals surface area contributed by atoms with E-state index in [9.17, 15) is 26.3 Å². The van der Waals surface area contributed by atoms with Crippen LogP contribution >= 0.6 is 0 Å². The second kappa shape index (κ2) is 13.6. The zero-order chi connectivity index (χ0) is 28.7. The van der Waals surface area contributed by atoms with Gasteiger partial charge in [-0.1, -0.05) is 44.1 Å². The lowest BCUT2D eigenvalue weighted by Crippen LogP contribution is -2.37. The smallest absolute Gasteiger partial charge is 0.400 e. The lowest BCUT2D eigenvalue weighted by Gasteiger charge is -2.33. The predicted molar refractivity (Wildman–Crippen MR) is 143 cm³/mol. The van der Waals surface area contributed by atoms with Crippen LogP contribution < -0.4 is 9.47 Å². The van der Waals surface area contributed by atoms with Gasteiger partial charge in [-0.05, 0) is 105 Å². The molecule has 0 heterocycles. The Morgan fingerprint density at radius 2 is 1.52 bits per heavy atom. The fraction of sp³-hybridized carbons (Fsp3) is 0.500. The predicted octanol–water partition coefficient (Wildman–Crippen LogP) is 10.6. The highest BCUT2D eigenvalue weighted by Crippen LogP contribution is 2.42. The molecule has 4 rings (SSSR count). The van der Waals surface area contributed by atoms with Crippen LogP contribution in [0.1, 0.15) is 88.2 Å². The molecule has 0 amide bonds. The Morgan fingerprint density at radius 3 is 2.10 bits per heavy atom. The van der Waals surface area contributed by atoms with E-state index >= 15 is 0 Å². The molecule has 0 N–H and O–H groups in total. The Bertz CT molecular complexity index is 1130. The summed E-state index contributed by atoms with van der Waals surface area (Å²) in [6, 6.07) is 9.07. The summed E-state index contributed by atoms with van der Waals surface area (Å²) < 4.78 is 91.7. The Labute approximate surface area is 232 Å². The minimum atomic E-state index is -3.17. The molecule has 0 spiro atoms. The summed E-state index contributed by atoms with van der Waals surface area (Å²) in [5, 5.41) is 0.